The molecule has 1 aromatic heterocycles. The van der Waals surface area contributed by atoms with Gasteiger partial charge in [0.1, 0.15) is 0 Å². The highest BCUT2D eigenvalue weighted by molar-refractivity contribution is 6.00. The van der Waals surface area contributed by atoms with Gasteiger partial charge in [0.25, 0.3) is 5.56 Å². The molecule has 0 bridgehead atoms. The van der Waals surface area contributed by atoms with Gasteiger partial charge in [-0.1, -0.05) is 39.0 Å². The Labute approximate surface area is 173 Å². The molecule has 1 aromatic carbocycles. The molecule has 1 aliphatic rings. The average Bonchev–Trinajstić information content (AvgIpc) is 2.68. The number of rotatable bonds is 7. The van der Waals surface area contributed by atoms with Crippen LogP contribution in [0.5, 0.6) is 0 Å². The molecule has 3 rings (SSSR count). The molecule has 1 fully saturated rings. The number of hydrogen-bond donors (Lipinski definition) is 2. The Morgan fingerprint density at radius 1 is 1.24 bits per heavy atom. The summed E-state index contributed by atoms with van der Waals surface area (Å²) in [6, 6.07) is 7.21. The summed E-state index contributed by atoms with van der Waals surface area (Å²) in [6.07, 6.45) is 5.30. The van der Waals surface area contributed by atoms with Gasteiger partial charge in [-0.25, -0.2) is 4.79 Å². The predicted molar refractivity (Wildman–Crippen MR) is 120 cm³/mol. The van der Waals surface area contributed by atoms with E-state index in [-0.39, 0.29) is 11.6 Å². The highest BCUT2D eigenvalue weighted by Gasteiger charge is 2.16. The number of carbonyl (C=O) groups excluding carboxylic acids is 1. The van der Waals surface area contributed by atoms with Gasteiger partial charge in [0.2, 0.25) is 0 Å². The Kier molecular flexibility index (Phi) is 7.31. The SMILES string of the molecule is CC(C)Cn1cc(NC(=O)NCCCN2CCC[C@@H](C)C2)c2ccccc2c1=O. The lowest BCUT2D eigenvalue weighted by Gasteiger charge is -2.30. The van der Waals surface area contributed by atoms with Crippen molar-refractivity contribution in [3.05, 3.63) is 40.8 Å². The van der Waals surface area contributed by atoms with Gasteiger partial charge in [0, 0.05) is 36.6 Å². The first-order valence-corrected chi connectivity index (χ1v) is 10.8. The van der Waals surface area contributed by atoms with Crippen molar-refractivity contribution in [3.8, 4) is 0 Å². The number of piperidine rings is 1. The maximum atomic E-state index is 12.7. The number of benzene rings is 1. The highest BCUT2D eigenvalue weighted by atomic mass is 16.2. The topological polar surface area (TPSA) is 66.4 Å². The van der Waals surface area contributed by atoms with Crippen LogP contribution in [0.2, 0.25) is 0 Å². The Morgan fingerprint density at radius 2 is 2.00 bits per heavy atom. The second-order valence-electron chi connectivity index (χ2n) is 8.72. The average molecular weight is 399 g/mol. The second kappa shape index (κ2) is 9.92. The molecule has 1 saturated heterocycles. The lowest BCUT2D eigenvalue weighted by Crippen LogP contribution is -2.37. The number of hydrogen-bond acceptors (Lipinski definition) is 3. The summed E-state index contributed by atoms with van der Waals surface area (Å²) in [5.74, 6) is 1.11. The molecule has 0 saturated carbocycles. The number of fused-ring (bicyclic) bond motifs is 1. The van der Waals surface area contributed by atoms with Gasteiger partial charge in [-0.2, -0.15) is 0 Å². The fourth-order valence-electron chi connectivity index (χ4n) is 4.13. The van der Waals surface area contributed by atoms with Crippen molar-refractivity contribution in [1.82, 2.24) is 14.8 Å². The molecule has 6 heteroatoms. The van der Waals surface area contributed by atoms with Gasteiger partial charge in [-0.05, 0) is 50.3 Å². The minimum atomic E-state index is -0.225. The van der Waals surface area contributed by atoms with Crippen LogP contribution < -0.4 is 16.2 Å². The molecule has 6 nitrogen and oxygen atoms in total. The van der Waals surface area contributed by atoms with Gasteiger partial charge in [-0.15, -0.1) is 0 Å². The summed E-state index contributed by atoms with van der Waals surface area (Å²) in [4.78, 5) is 27.7. The Bertz CT molecular complexity index is 890. The minimum absolute atomic E-state index is 0.0176. The van der Waals surface area contributed by atoms with Crippen molar-refractivity contribution in [3.63, 3.8) is 0 Å². The molecule has 2 N–H and O–H groups in total. The molecule has 0 aliphatic carbocycles. The smallest absolute Gasteiger partial charge is 0.319 e. The van der Waals surface area contributed by atoms with Crippen LogP contribution in [0.1, 0.15) is 40.0 Å². The number of amides is 2. The van der Waals surface area contributed by atoms with E-state index in [0.29, 0.717) is 30.1 Å². The molecular weight excluding hydrogens is 364 g/mol. The number of aromatic nitrogens is 1. The molecule has 0 unspecified atom stereocenters. The molecule has 0 spiro atoms. The zero-order valence-corrected chi connectivity index (χ0v) is 17.9. The van der Waals surface area contributed by atoms with Gasteiger partial charge >= 0.3 is 6.03 Å². The fraction of sp³-hybridized carbons (Fsp3) is 0.565. The van der Waals surface area contributed by atoms with E-state index < -0.39 is 0 Å². The van der Waals surface area contributed by atoms with Crippen molar-refractivity contribution >= 4 is 22.5 Å². The highest BCUT2D eigenvalue weighted by Crippen LogP contribution is 2.21. The Morgan fingerprint density at radius 3 is 2.72 bits per heavy atom. The number of nitrogens with one attached hydrogen (secondary N) is 2. The van der Waals surface area contributed by atoms with E-state index >= 15 is 0 Å². The molecule has 2 aromatic rings. The first kappa shape index (κ1) is 21.4. The van der Waals surface area contributed by atoms with E-state index in [1.165, 1.54) is 19.4 Å². The zero-order valence-electron chi connectivity index (χ0n) is 17.9. The normalized spacial score (nSPS) is 17.6. The van der Waals surface area contributed by atoms with Gasteiger partial charge in [0.05, 0.1) is 5.69 Å². The number of likely N-dealkylation sites (tertiary alicyclic amines) is 1. The van der Waals surface area contributed by atoms with Crippen LogP contribution in [-0.4, -0.2) is 41.7 Å². The lowest BCUT2D eigenvalue weighted by molar-refractivity contribution is 0.182. The third kappa shape index (κ3) is 5.82. The van der Waals surface area contributed by atoms with Crippen LogP contribution in [0.25, 0.3) is 10.8 Å². The zero-order chi connectivity index (χ0) is 20.8. The summed E-state index contributed by atoms with van der Waals surface area (Å²) < 4.78 is 1.69. The van der Waals surface area contributed by atoms with Crippen LogP contribution in [0.3, 0.4) is 0 Å². The first-order chi connectivity index (χ1) is 13.9. The molecule has 158 valence electrons. The summed E-state index contributed by atoms with van der Waals surface area (Å²) in [6.45, 7) is 11.1. The molecule has 2 amide bonds. The quantitative estimate of drug-likeness (QED) is 0.695. The predicted octanol–water partition coefficient (Wildman–Crippen LogP) is 3.90. The van der Waals surface area contributed by atoms with Gasteiger partial charge in [0.15, 0.2) is 0 Å². The Balaban J connectivity index is 1.60. The monoisotopic (exact) mass is 398 g/mol. The molecular formula is C23H34N4O2. The van der Waals surface area contributed by atoms with E-state index in [2.05, 4.69) is 36.3 Å². The van der Waals surface area contributed by atoms with Crippen molar-refractivity contribution < 1.29 is 4.79 Å². The number of urea groups is 1. The number of carbonyl (C=O) groups is 1. The molecule has 2 heterocycles. The summed E-state index contributed by atoms with van der Waals surface area (Å²) in [7, 11) is 0. The molecule has 1 aliphatic heterocycles. The van der Waals surface area contributed by atoms with E-state index in [0.717, 1.165) is 30.8 Å². The van der Waals surface area contributed by atoms with Gasteiger partial charge < -0.3 is 20.1 Å². The van der Waals surface area contributed by atoms with Crippen LogP contribution >= 0.6 is 0 Å². The van der Waals surface area contributed by atoms with Crippen molar-refractivity contribution in [1.29, 1.82) is 0 Å². The third-order valence-electron chi connectivity index (χ3n) is 5.48. The number of pyridine rings is 1. The van der Waals surface area contributed by atoms with Crippen molar-refractivity contribution in [2.45, 2.75) is 46.6 Å². The minimum Gasteiger partial charge on any atom is -0.338 e. The molecule has 0 radical (unpaired) electrons. The molecule has 29 heavy (non-hydrogen) atoms. The van der Waals surface area contributed by atoms with Crippen LogP contribution in [0, 0.1) is 11.8 Å². The van der Waals surface area contributed by atoms with Crippen LogP contribution in [0.15, 0.2) is 35.3 Å². The summed E-state index contributed by atoms with van der Waals surface area (Å²) >= 11 is 0. The number of anilines is 1. The van der Waals surface area contributed by atoms with E-state index in [1.54, 1.807) is 10.8 Å². The standard InChI is InChI=1S/C23H34N4O2/c1-17(2)14-27-16-21(19-9-4-5-10-20(19)22(27)28)25-23(29)24-11-7-13-26-12-6-8-18(3)15-26/h4-5,9-10,16-18H,6-8,11-15H2,1-3H3,(H2,24,25,29)/t18-/m1/s1. The maximum Gasteiger partial charge on any atom is 0.319 e. The van der Waals surface area contributed by atoms with E-state index in [1.807, 2.05) is 24.3 Å². The van der Waals surface area contributed by atoms with Crippen molar-refractivity contribution in [2.24, 2.45) is 11.8 Å². The summed E-state index contributed by atoms with van der Waals surface area (Å²) in [5, 5.41) is 7.31. The number of nitrogens with zero attached hydrogens (tertiary/aromatic N) is 2. The maximum absolute atomic E-state index is 12.7. The Hall–Kier alpha value is -2.34. The second-order valence-corrected chi connectivity index (χ2v) is 8.72. The summed E-state index contributed by atoms with van der Waals surface area (Å²) in [5.41, 5.74) is 0.652. The van der Waals surface area contributed by atoms with Crippen LogP contribution in [0.4, 0.5) is 10.5 Å². The fourth-order valence-corrected chi connectivity index (χ4v) is 4.13. The lowest BCUT2D eigenvalue weighted by atomic mass is 10.0. The van der Waals surface area contributed by atoms with Gasteiger partial charge in [-0.3, -0.25) is 4.79 Å². The molecule has 1 atom stereocenters. The van der Waals surface area contributed by atoms with Crippen LogP contribution in [-0.2, 0) is 6.54 Å². The largest absolute Gasteiger partial charge is 0.338 e. The first-order valence-electron chi connectivity index (χ1n) is 10.8. The van der Waals surface area contributed by atoms with Crippen molar-refractivity contribution in [2.75, 3.05) is 31.5 Å². The van der Waals surface area contributed by atoms with E-state index in [9.17, 15) is 9.59 Å². The van der Waals surface area contributed by atoms with E-state index in [4.69, 9.17) is 0 Å². The third-order valence-corrected chi connectivity index (χ3v) is 5.48.